The van der Waals surface area contributed by atoms with Gasteiger partial charge in [-0.3, -0.25) is 14.2 Å². The first-order chi connectivity index (χ1) is 16.9. The van der Waals surface area contributed by atoms with Crippen molar-refractivity contribution in [2.24, 2.45) is 0 Å². The van der Waals surface area contributed by atoms with Crippen molar-refractivity contribution in [3.8, 4) is 11.4 Å². The number of hydrogen-bond donors (Lipinski definition) is 1. The van der Waals surface area contributed by atoms with Crippen LogP contribution in [-0.2, 0) is 4.79 Å². The SMILES string of the molecule is CCOc1ccc(-n2c(SCC(=O)Nc3c(C)cccc3C(C)C)nc3ccccc3c2=O)cc1. The highest BCUT2D eigenvalue weighted by Crippen LogP contribution is 2.28. The number of ether oxygens (including phenoxy) is 1. The highest BCUT2D eigenvalue weighted by atomic mass is 32.2. The first kappa shape index (κ1) is 24.5. The Morgan fingerprint density at radius 2 is 1.80 bits per heavy atom. The summed E-state index contributed by atoms with van der Waals surface area (Å²) in [6.45, 7) is 8.68. The van der Waals surface area contributed by atoms with Crippen molar-refractivity contribution in [3.05, 3.63) is 88.2 Å². The van der Waals surface area contributed by atoms with Crippen molar-refractivity contribution in [1.82, 2.24) is 9.55 Å². The molecule has 4 aromatic rings. The zero-order chi connectivity index (χ0) is 24.9. The van der Waals surface area contributed by atoms with Crippen molar-refractivity contribution in [2.45, 2.75) is 38.8 Å². The van der Waals surface area contributed by atoms with Crippen LogP contribution in [0.15, 0.2) is 76.7 Å². The van der Waals surface area contributed by atoms with Gasteiger partial charge in [0.05, 0.1) is 29.0 Å². The lowest BCUT2D eigenvalue weighted by molar-refractivity contribution is -0.113. The molecule has 7 heteroatoms. The van der Waals surface area contributed by atoms with E-state index in [1.54, 1.807) is 10.6 Å². The van der Waals surface area contributed by atoms with Gasteiger partial charge in [-0.1, -0.05) is 55.9 Å². The van der Waals surface area contributed by atoms with Gasteiger partial charge < -0.3 is 10.1 Å². The summed E-state index contributed by atoms with van der Waals surface area (Å²) in [5.41, 5.74) is 4.06. The van der Waals surface area contributed by atoms with Gasteiger partial charge >= 0.3 is 0 Å². The summed E-state index contributed by atoms with van der Waals surface area (Å²) in [4.78, 5) is 31.1. The smallest absolute Gasteiger partial charge is 0.266 e. The number of rotatable bonds is 8. The maximum absolute atomic E-state index is 13.4. The molecule has 0 aliphatic carbocycles. The summed E-state index contributed by atoms with van der Waals surface area (Å²) in [5.74, 6) is 0.982. The monoisotopic (exact) mass is 487 g/mol. The number of nitrogens with zero attached hydrogens (tertiary/aromatic N) is 2. The van der Waals surface area contributed by atoms with Crippen LogP contribution in [0.3, 0.4) is 0 Å². The van der Waals surface area contributed by atoms with Crippen molar-refractivity contribution in [1.29, 1.82) is 0 Å². The summed E-state index contributed by atoms with van der Waals surface area (Å²) in [6, 6.07) is 20.6. The summed E-state index contributed by atoms with van der Waals surface area (Å²) in [6.07, 6.45) is 0. The number of anilines is 1. The Morgan fingerprint density at radius 3 is 2.51 bits per heavy atom. The molecule has 0 unspecified atom stereocenters. The fourth-order valence-electron chi connectivity index (χ4n) is 3.94. The van der Waals surface area contributed by atoms with E-state index in [2.05, 4.69) is 19.2 Å². The molecule has 1 aromatic heterocycles. The van der Waals surface area contributed by atoms with E-state index >= 15 is 0 Å². The molecule has 0 atom stereocenters. The van der Waals surface area contributed by atoms with Crippen LogP contribution >= 0.6 is 11.8 Å². The van der Waals surface area contributed by atoms with Crippen LogP contribution in [0.25, 0.3) is 16.6 Å². The zero-order valence-corrected chi connectivity index (χ0v) is 21.2. The van der Waals surface area contributed by atoms with Crippen LogP contribution in [0.1, 0.15) is 37.8 Å². The van der Waals surface area contributed by atoms with E-state index in [0.29, 0.717) is 28.4 Å². The molecule has 4 rings (SSSR count). The molecule has 0 saturated carbocycles. The van der Waals surface area contributed by atoms with Gasteiger partial charge in [0.2, 0.25) is 5.91 Å². The summed E-state index contributed by atoms with van der Waals surface area (Å²) in [7, 11) is 0. The zero-order valence-electron chi connectivity index (χ0n) is 20.4. The molecule has 180 valence electrons. The van der Waals surface area contributed by atoms with Crippen molar-refractivity contribution >= 4 is 34.3 Å². The Hall–Kier alpha value is -3.58. The third-order valence-electron chi connectivity index (χ3n) is 5.67. The maximum Gasteiger partial charge on any atom is 0.266 e. The number of benzene rings is 3. The normalized spacial score (nSPS) is 11.1. The molecule has 0 radical (unpaired) electrons. The number of thioether (sulfide) groups is 1. The van der Waals surface area contributed by atoms with Crippen LogP contribution in [0.4, 0.5) is 5.69 Å². The lowest BCUT2D eigenvalue weighted by Crippen LogP contribution is -2.23. The third-order valence-corrected chi connectivity index (χ3v) is 6.61. The maximum atomic E-state index is 13.4. The lowest BCUT2D eigenvalue weighted by Gasteiger charge is -2.17. The molecule has 6 nitrogen and oxygen atoms in total. The number of para-hydroxylation sites is 2. The number of aryl methyl sites for hydroxylation is 1. The molecule has 3 aromatic carbocycles. The number of hydrogen-bond acceptors (Lipinski definition) is 5. The molecule has 0 fully saturated rings. The van der Waals surface area contributed by atoms with Gasteiger partial charge in [-0.15, -0.1) is 0 Å². The van der Waals surface area contributed by atoms with Gasteiger partial charge in [-0.2, -0.15) is 0 Å². The predicted octanol–water partition coefficient (Wildman–Crippen LogP) is 5.95. The molecule has 35 heavy (non-hydrogen) atoms. The van der Waals surface area contributed by atoms with E-state index in [1.807, 2.05) is 74.5 Å². The average Bonchev–Trinajstić information content (AvgIpc) is 2.85. The number of carbonyl (C=O) groups is 1. The topological polar surface area (TPSA) is 73.2 Å². The van der Waals surface area contributed by atoms with E-state index in [1.165, 1.54) is 11.8 Å². The van der Waals surface area contributed by atoms with Gasteiger partial charge in [0.1, 0.15) is 5.75 Å². The molecule has 0 aliphatic rings. The quantitative estimate of drug-likeness (QED) is 0.246. The number of aromatic nitrogens is 2. The number of amides is 1. The van der Waals surface area contributed by atoms with Crippen LogP contribution < -0.4 is 15.6 Å². The Kier molecular flexibility index (Phi) is 7.56. The van der Waals surface area contributed by atoms with Gasteiger partial charge in [-0.05, 0) is 67.3 Å². The van der Waals surface area contributed by atoms with Crippen molar-refractivity contribution in [2.75, 3.05) is 17.7 Å². The third kappa shape index (κ3) is 5.41. The molecule has 1 heterocycles. The number of nitrogens with one attached hydrogen (secondary N) is 1. The highest BCUT2D eigenvalue weighted by Gasteiger charge is 2.17. The van der Waals surface area contributed by atoms with Crippen molar-refractivity contribution < 1.29 is 9.53 Å². The largest absolute Gasteiger partial charge is 0.494 e. The van der Waals surface area contributed by atoms with E-state index in [4.69, 9.17) is 9.72 Å². The van der Waals surface area contributed by atoms with Crippen LogP contribution in [-0.4, -0.2) is 27.8 Å². The fourth-order valence-corrected chi connectivity index (χ4v) is 4.76. The minimum Gasteiger partial charge on any atom is -0.494 e. The molecular weight excluding hydrogens is 458 g/mol. The molecule has 0 aliphatic heterocycles. The van der Waals surface area contributed by atoms with Gasteiger partial charge in [0.15, 0.2) is 5.16 Å². The van der Waals surface area contributed by atoms with E-state index in [-0.39, 0.29) is 23.1 Å². The minimum atomic E-state index is -0.177. The standard InChI is InChI=1S/C28H29N3O3S/c1-5-34-21-15-13-20(14-16-21)31-27(33)23-10-6-7-12-24(23)29-28(31)35-17-25(32)30-26-19(4)9-8-11-22(26)18(2)3/h6-16,18H,5,17H2,1-4H3,(H,30,32). The molecule has 0 spiro atoms. The van der Waals surface area contributed by atoms with E-state index in [0.717, 1.165) is 22.6 Å². The minimum absolute atomic E-state index is 0.119. The Bertz CT molecular complexity index is 1410. The second kappa shape index (κ2) is 10.8. The molecule has 0 bridgehead atoms. The second-order valence-corrected chi connectivity index (χ2v) is 9.45. The molecule has 0 saturated heterocycles. The predicted molar refractivity (Wildman–Crippen MR) is 143 cm³/mol. The number of carbonyl (C=O) groups excluding carboxylic acids is 1. The summed E-state index contributed by atoms with van der Waals surface area (Å²) >= 11 is 1.24. The van der Waals surface area contributed by atoms with E-state index < -0.39 is 0 Å². The Balaban J connectivity index is 1.66. The molecule has 1 N–H and O–H groups in total. The molecular formula is C28H29N3O3S. The molecule has 1 amide bonds. The first-order valence-electron chi connectivity index (χ1n) is 11.7. The van der Waals surface area contributed by atoms with Crippen molar-refractivity contribution in [3.63, 3.8) is 0 Å². The Labute approximate surface area is 209 Å². The Morgan fingerprint density at radius 1 is 1.06 bits per heavy atom. The highest BCUT2D eigenvalue weighted by molar-refractivity contribution is 7.99. The van der Waals surface area contributed by atoms with Gasteiger partial charge in [-0.25, -0.2) is 4.98 Å². The van der Waals surface area contributed by atoms with Crippen LogP contribution in [0, 0.1) is 6.92 Å². The van der Waals surface area contributed by atoms with Crippen LogP contribution in [0.5, 0.6) is 5.75 Å². The second-order valence-electron chi connectivity index (χ2n) is 8.51. The first-order valence-corrected chi connectivity index (χ1v) is 12.6. The van der Waals surface area contributed by atoms with E-state index in [9.17, 15) is 9.59 Å². The summed E-state index contributed by atoms with van der Waals surface area (Å²) < 4.78 is 7.10. The van der Waals surface area contributed by atoms with Gasteiger partial charge in [0.25, 0.3) is 5.56 Å². The van der Waals surface area contributed by atoms with Gasteiger partial charge in [0, 0.05) is 5.69 Å². The average molecular weight is 488 g/mol. The van der Waals surface area contributed by atoms with Crippen LogP contribution in [0.2, 0.25) is 0 Å². The number of fused-ring (bicyclic) bond motifs is 1. The fraction of sp³-hybridized carbons (Fsp3) is 0.250. The summed E-state index contributed by atoms with van der Waals surface area (Å²) in [5, 5.41) is 4.06. The lowest BCUT2D eigenvalue weighted by atomic mass is 9.98.